The molecule has 3 rings (SSSR count). The minimum absolute atomic E-state index is 0.756. The molecule has 0 saturated heterocycles. The Balaban J connectivity index is 1.46. The van der Waals surface area contributed by atoms with E-state index < -0.39 is 0 Å². The standard InChI is InChI=1S/C21H24N4/c1-17-7-5-10-19(13-17)15-23-21-14-20(24-16-25-21)22-12-6-11-18-8-3-2-4-9-18/h2-5,7-10,13-14,16H,6,11-12,15H2,1H3,(H2,22,23,24,25). The lowest BCUT2D eigenvalue weighted by Crippen LogP contribution is -2.07. The predicted octanol–water partition coefficient (Wildman–Crippen LogP) is 4.44. The van der Waals surface area contributed by atoms with Crippen molar-refractivity contribution in [3.8, 4) is 0 Å². The van der Waals surface area contributed by atoms with Crippen molar-refractivity contribution in [2.45, 2.75) is 26.3 Å². The Morgan fingerprint density at radius 3 is 2.36 bits per heavy atom. The summed E-state index contributed by atoms with van der Waals surface area (Å²) in [5.74, 6) is 1.69. The Labute approximate surface area is 149 Å². The first-order chi connectivity index (χ1) is 12.3. The van der Waals surface area contributed by atoms with Gasteiger partial charge in [-0.3, -0.25) is 0 Å². The Kier molecular flexibility index (Phi) is 5.99. The summed E-state index contributed by atoms with van der Waals surface area (Å²) in [6.45, 7) is 3.75. The van der Waals surface area contributed by atoms with Crippen LogP contribution in [0.1, 0.15) is 23.1 Å². The summed E-state index contributed by atoms with van der Waals surface area (Å²) < 4.78 is 0. The number of hydrogen-bond acceptors (Lipinski definition) is 4. The van der Waals surface area contributed by atoms with E-state index in [1.54, 1.807) is 6.33 Å². The van der Waals surface area contributed by atoms with Crippen molar-refractivity contribution in [2.24, 2.45) is 0 Å². The first-order valence-corrected chi connectivity index (χ1v) is 8.69. The second-order valence-electron chi connectivity index (χ2n) is 6.15. The molecule has 2 N–H and O–H groups in total. The molecule has 0 fully saturated rings. The van der Waals surface area contributed by atoms with Gasteiger partial charge in [0.2, 0.25) is 0 Å². The van der Waals surface area contributed by atoms with Gasteiger partial charge in [0.25, 0.3) is 0 Å². The lowest BCUT2D eigenvalue weighted by Gasteiger charge is -2.09. The zero-order valence-electron chi connectivity index (χ0n) is 14.6. The fourth-order valence-electron chi connectivity index (χ4n) is 2.72. The third-order valence-electron chi connectivity index (χ3n) is 4.01. The monoisotopic (exact) mass is 332 g/mol. The third kappa shape index (κ3) is 5.60. The van der Waals surface area contributed by atoms with Crippen molar-refractivity contribution < 1.29 is 0 Å². The van der Waals surface area contributed by atoms with Crippen LogP contribution < -0.4 is 10.6 Å². The van der Waals surface area contributed by atoms with Crippen LogP contribution in [0.25, 0.3) is 0 Å². The maximum absolute atomic E-state index is 4.29. The Morgan fingerprint density at radius 1 is 0.800 bits per heavy atom. The predicted molar refractivity (Wildman–Crippen MR) is 104 cm³/mol. The average Bonchev–Trinajstić information content (AvgIpc) is 2.65. The topological polar surface area (TPSA) is 49.8 Å². The number of benzene rings is 2. The molecule has 1 heterocycles. The molecular formula is C21H24N4. The molecule has 0 spiro atoms. The molecule has 0 aliphatic heterocycles. The highest BCUT2D eigenvalue weighted by atomic mass is 15.1. The molecule has 0 bridgehead atoms. The molecular weight excluding hydrogens is 308 g/mol. The summed E-state index contributed by atoms with van der Waals surface area (Å²) in [7, 11) is 0. The van der Waals surface area contributed by atoms with Crippen LogP contribution in [0.15, 0.2) is 67.0 Å². The van der Waals surface area contributed by atoms with Gasteiger partial charge >= 0.3 is 0 Å². The van der Waals surface area contributed by atoms with Crippen LogP contribution in [0.5, 0.6) is 0 Å². The number of rotatable bonds is 8. The normalized spacial score (nSPS) is 10.4. The highest BCUT2D eigenvalue weighted by molar-refractivity contribution is 5.46. The second kappa shape index (κ2) is 8.83. The van der Waals surface area contributed by atoms with Gasteiger partial charge in [-0.25, -0.2) is 9.97 Å². The van der Waals surface area contributed by atoms with Crippen molar-refractivity contribution in [3.05, 3.63) is 83.7 Å². The van der Waals surface area contributed by atoms with Crippen LogP contribution in [-0.2, 0) is 13.0 Å². The van der Waals surface area contributed by atoms with E-state index >= 15 is 0 Å². The van der Waals surface area contributed by atoms with Crippen molar-refractivity contribution in [1.82, 2.24) is 9.97 Å². The zero-order valence-corrected chi connectivity index (χ0v) is 14.6. The molecule has 1 aromatic heterocycles. The Bertz CT molecular complexity index is 787. The van der Waals surface area contributed by atoms with Crippen LogP contribution in [-0.4, -0.2) is 16.5 Å². The van der Waals surface area contributed by atoms with E-state index in [-0.39, 0.29) is 0 Å². The van der Waals surface area contributed by atoms with Crippen LogP contribution in [0, 0.1) is 6.92 Å². The van der Waals surface area contributed by atoms with E-state index in [9.17, 15) is 0 Å². The summed E-state index contributed by atoms with van der Waals surface area (Å²) >= 11 is 0. The quantitative estimate of drug-likeness (QED) is 0.599. The molecule has 0 amide bonds. The van der Waals surface area contributed by atoms with Gasteiger partial charge in [0.1, 0.15) is 18.0 Å². The fraction of sp³-hybridized carbons (Fsp3) is 0.238. The number of nitrogens with zero attached hydrogens (tertiary/aromatic N) is 2. The Hall–Kier alpha value is -2.88. The summed E-state index contributed by atoms with van der Waals surface area (Å²) in [4.78, 5) is 8.58. The molecule has 0 aliphatic carbocycles. The maximum Gasteiger partial charge on any atom is 0.131 e. The zero-order chi connectivity index (χ0) is 17.3. The van der Waals surface area contributed by atoms with Crippen molar-refractivity contribution in [2.75, 3.05) is 17.2 Å². The molecule has 0 radical (unpaired) electrons. The highest BCUT2D eigenvalue weighted by Gasteiger charge is 2.00. The summed E-state index contributed by atoms with van der Waals surface area (Å²) in [6, 6.07) is 21.0. The molecule has 4 heteroatoms. The molecule has 3 aromatic rings. The van der Waals surface area contributed by atoms with E-state index in [0.29, 0.717) is 0 Å². The minimum atomic E-state index is 0.756. The summed E-state index contributed by atoms with van der Waals surface area (Å²) in [6.07, 6.45) is 3.73. The van der Waals surface area contributed by atoms with E-state index in [1.165, 1.54) is 16.7 Å². The minimum Gasteiger partial charge on any atom is -0.370 e. The van der Waals surface area contributed by atoms with Crippen LogP contribution >= 0.6 is 0 Å². The van der Waals surface area contributed by atoms with Crippen molar-refractivity contribution in [3.63, 3.8) is 0 Å². The highest BCUT2D eigenvalue weighted by Crippen LogP contribution is 2.11. The first kappa shape index (κ1) is 17.0. The number of nitrogens with one attached hydrogen (secondary N) is 2. The van der Waals surface area contributed by atoms with Gasteiger partial charge < -0.3 is 10.6 Å². The van der Waals surface area contributed by atoms with Gasteiger partial charge in [-0.05, 0) is 30.9 Å². The first-order valence-electron chi connectivity index (χ1n) is 8.69. The molecule has 0 saturated carbocycles. The van der Waals surface area contributed by atoms with E-state index in [4.69, 9.17) is 0 Å². The van der Waals surface area contributed by atoms with Gasteiger partial charge in [0.15, 0.2) is 0 Å². The molecule has 4 nitrogen and oxygen atoms in total. The van der Waals surface area contributed by atoms with Gasteiger partial charge in [0, 0.05) is 19.2 Å². The summed E-state index contributed by atoms with van der Waals surface area (Å²) in [5.41, 5.74) is 3.88. The van der Waals surface area contributed by atoms with Gasteiger partial charge in [-0.15, -0.1) is 0 Å². The SMILES string of the molecule is Cc1cccc(CNc2cc(NCCCc3ccccc3)ncn2)c1. The fourth-order valence-corrected chi connectivity index (χ4v) is 2.72. The Morgan fingerprint density at radius 2 is 1.56 bits per heavy atom. The van der Waals surface area contributed by atoms with E-state index in [2.05, 4.69) is 76.1 Å². The summed E-state index contributed by atoms with van der Waals surface area (Å²) in [5, 5.41) is 6.73. The number of aromatic nitrogens is 2. The van der Waals surface area contributed by atoms with Crippen molar-refractivity contribution in [1.29, 1.82) is 0 Å². The lowest BCUT2D eigenvalue weighted by atomic mass is 10.1. The number of anilines is 2. The van der Waals surface area contributed by atoms with Crippen LogP contribution in [0.2, 0.25) is 0 Å². The van der Waals surface area contributed by atoms with Crippen LogP contribution in [0.3, 0.4) is 0 Å². The molecule has 2 aromatic carbocycles. The largest absolute Gasteiger partial charge is 0.370 e. The number of aryl methyl sites for hydroxylation is 2. The average molecular weight is 332 g/mol. The molecule has 0 atom stereocenters. The molecule has 0 unspecified atom stereocenters. The molecule has 0 aliphatic rings. The van der Waals surface area contributed by atoms with E-state index in [0.717, 1.165) is 37.6 Å². The van der Waals surface area contributed by atoms with Gasteiger partial charge in [0.05, 0.1) is 0 Å². The lowest BCUT2D eigenvalue weighted by molar-refractivity contribution is 0.858. The maximum atomic E-state index is 4.29. The third-order valence-corrected chi connectivity index (χ3v) is 4.01. The second-order valence-corrected chi connectivity index (χ2v) is 6.15. The van der Waals surface area contributed by atoms with Crippen LogP contribution in [0.4, 0.5) is 11.6 Å². The smallest absolute Gasteiger partial charge is 0.131 e. The molecule has 128 valence electrons. The number of hydrogen-bond donors (Lipinski definition) is 2. The van der Waals surface area contributed by atoms with Gasteiger partial charge in [-0.2, -0.15) is 0 Å². The van der Waals surface area contributed by atoms with E-state index in [1.807, 2.05) is 12.1 Å². The van der Waals surface area contributed by atoms with Gasteiger partial charge in [-0.1, -0.05) is 60.2 Å². The van der Waals surface area contributed by atoms with Crippen molar-refractivity contribution >= 4 is 11.6 Å². The molecule has 25 heavy (non-hydrogen) atoms.